The van der Waals surface area contributed by atoms with Gasteiger partial charge < -0.3 is 10.0 Å². The van der Waals surface area contributed by atoms with E-state index in [1.165, 1.54) is 0 Å². The van der Waals surface area contributed by atoms with E-state index in [0.29, 0.717) is 6.54 Å². The van der Waals surface area contributed by atoms with Gasteiger partial charge in [-0.1, -0.05) is 6.42 Å². The first-order valence-corrected chi connectivity index (χ1v) is 6.31. The molecule has 1 aromatic rings. The first kappa shape index (κ1) is 13.0. The van der Waals surface area contributed by atoms with Crippen LogP contribution in [0, 0.1) is 12.8 Å². The highest BCUT2D eigenvalue weighted by Crippen LogP contribution is 2.26. The summed E-state index contributed by atoms with van der Waals surface area (Å²) in [4.78, 5) is 21.8. The molecule has 0 spiro atoms. The smallest absolute Gasteiger partial charge is 0.291 e. The molecule has 1 saturated carbocycles. The van der Waals surface area contributed by atoms with Gasteiger partial charge in [0.05, 0.1) is 6.10 Å². The zero-order valence-corrected chi connectivity index (χ0v) is 10.8. The highest BCUT2D eigenvalue weighted by atomic mass is 16.3. The molecule has 1 aromatic heterocycles. The van der Waals surface area contributed by atoms with Gasteiger partial charge in [-0.3, -0.25) is 4.79 Å². The van der Waals surface area contributed by atoms with E-state index in [1.54, 1.807) is 24.2 Å². The van der Waals surface area contributed by atoms with Crippen molar-refractivity contribution in [2.24, 2.45) is 5.92 Å². The molecule has 1 aliphatic rings. The molecular formula is C13H19N3O2. The Hall–Kier alpha value is -1.49. The van der Waals surface area contributed by atoms with Crippen LogP contribution in [0.25, 0.3) is 0 Å². The van der Waals surface area contributed by atoms with Crippen LogP contribution in [0.2, 0.25) is 0 Å². The van der Waals surface area contributed by atoms with Crippen molar-refractivity contribution in [1.29, 1.82) is 0 Å². The molecule has 1 fully saturated rings. The third kappa shape index (κ3) is 2.85. The van der Waals surface area contributed by atoms with Gasteiger partial charge >= 0.3 is 0 Å². The van der Waals surface area contributed by atoms with E-state index in [1.807, 2.05) is 6.92 Å². The van der Waals surface area contributed by atoms with Crippen LogP contribution in [0.4, 0.5) is 0 Å². The lowest BCUT2D eigenvalue weighted by atomic mass is 10.1. The fraction of sp³-hybridized carbons (Fsp3) is 0.615. The summed E-state index contributed by atoms with van der Waals surface area (Å²) in [5.41, 5.74) is 0.780. The maximum absolute atomic E-state index is 12.1. The number of amides is 1. The standard InChI is InChI=1S/C13H19N3O2/c1-9-6-7-14-12(15-9)13(18)16(2)8-10-4-3-5-11(10)17/h6-7,10-11,17H,3-5,8H2,1-2H3. The Balaban J connectivity index is 2.00. The number of aryl methyl sites for hydroxylation is 1. The number of hydrogen-bond donors (Lipinski definition) is 1. The van der Waals surface area contributed by atoms with Gasteiger partial charge in [0, 0.05) is 31.4 Å². The van der Waals surface area contributed by atoms with Crippen LogP contribution in [0.3, 0.4) is 0 Å². The molecule has 0 bridgehead atoms. The van der Waals surface area contributed by atoms with Crippen LogP contribution in [0.5, 0.6) is 0 Å². The van der Waals surface area contributed by atoms with Crippen LogP contribution < -0.4 is 0 Å². The molecule has 0 saturated heterocycles. The molecule has 0 aromatic carbocycles. The van der Waals surface area contributed by atoms with Crippen molar-refractivity contribution in [2.75, 3.05) is 13.6 Å². The third-order valence-electron chi connectivity index (χ3n) is 3.46. The molecule has 2 unspecified atom stereocenters. The Morgan fingerprint density at radius 2 is 2.33 bits per heavy atom. The SMILES string of the molecule is Cc1ccnc(C(=O)N(C)CC2CCCC2O)n1. The Morgan fingerprint density at radius 1 is 1.56 bits per heavy atom. The summed E-state index contributed by atoms with van der Waals surface area (Å²) in [5, 5.41) is 9.77. The minimum absolute atomic E-state index is 0.183. The summed E-state index contributed by atoms with van der Waals surface area (Å²) < 4.78 is 0. The van der Waals surface area contributed by atoms with Gasteiger partial charge in [0.15, 0.2) is 0 Å². The summed E-state index contributed by atoms with van der Waals surface area (Å²) in [6.45, 7) is 2.40. The maximum Gasteiger partial charge on any atom is 0.291 e. The lowest BCUT2D eigenvalue weighted by Crippen LogP contribution is -2.35. The zero-order chi connectivity index (χ0) is 13.1. The third-order valence-corrected chi connectivity index (χ3v) is 3.46. The van der Waals surface area contributed by atoms with E-state index in [0.717, 1.165) is 25.0 Å². The van der Waals surface area contributed by atoms with Gasteiger partial charge in [-0.25, -0.2) is 9.97 Å². The topological polar surface area (TPSA) is 66.3 Å². The molecule has 0 aliphatic heterocycles. The van der Waals surface area contributed by atoms with Crippen molar-refractivity contribution in [3.8, 4) is 0 Å². The fourth-order valence-electron chi connectivity index (χ4n) is 2.39. The minimum atomic E-state index is -0.279. The minimum Gasteiger partial charge on any atom is -0.393 e. The second-order valence-corrected chi connectivity index (χ2v) is 4.97. The largest absolute Gasteiger partial charge is 0.393 e. The fourth-order valence-corrected chi connectivity index (χ4v) is 2.39. The molecule has 18 heavy (non-hydrogen) atoms. The number of rotatable bonds is 3. The quantitative estimate of drug-likeness (QED) is 0.868. The van der Waals surface area contributed by atoms with Gasteiger partial charge in [0.1, 0.15) is 0 Å². The predicted molar refractivity (Wildman–Crippen MR) is 67.1 cm³/mol. The Labute approximate surface area is 107 Å². The van der Waals surface area contributed by atoms with Crippen LogP contribution in [0.15, 0.2) is 12.3 Å². The van der Waals surface area contributed by atoms with E-state index in [9.17, 15) is 9.90 Å². The van der Waals surface area contributed by atoms with Crippen molar-refractivity contribution in [3.63, 3.8) is 0 Å². The van der Waals surface area contributed by atoms with E-state index < -0.39 is 0 Å². The van der Waals surface area contributed by atoms with Crippen molar-refractivity contribution in [2.45, 2.75) is 32.3 Å². The predicted octanol–water partition coefficient (Wildman–Crippen LogP) is 1.02. The average Bonchev–Trinajstić information content (AvgIpc) is 2.74. The second kappa shape index (κ2) is 5.44. The van der Waals surface area contributed by atoms with E-state index in [4.69, 9.17) is 0 Å². The van der Waals surface area contributed by atoms with Crippen molar-refractivity contribution < 1.29 is 9.90 Å². The molecule has 0 radical (unpaired) electrons. The van der Waals surface area contributed by atoms with Gasteiger partial charge in [0.25, 0.3) is 5.91 Å². The van der Waals surface area contributed by atoms with Crippen LogP contribution in [0.1, 0.15) is 35.6 Å². The normalized spacial score (nSPS) is 23.1. The first-order valence-electron chi connectivity index (χ1n) is 6.31. The summed E-state index contributed by atoms with van der Waals surface area (Å²) in [6, 6.07) is 1.76. The Kier molecular flexibility index (Phi) is 3.91. The molecule has 1 N–H and O–H groups in total. The molecule has 1 amide bonds. The van der Waals surface area contributed by atoms with E-state index in [2.05, 4.69) is 9.97 Å². The molecule has 2 rings (SSSR count). The number of hydrogen-bond acceptors (Lipinski definition) is 4. The maximum atomic E-state index is 12.1. The number of aliphatic hydroxyl groups excluding tert-OH is 1. The molecule has 1 aliphatic carbocycles. The van der Waals surface area contributed by atoms with Crippen LogP contribution >= 0.6 is 0 Å². The number of nitrogens with zero attached hydrogens (tertiary/aromatic N) is 3. The zero-order valence-electron chi connectivity index (χ0n) is 10.8. The number of carbonyl (C=O) groups excluding carboxylic acids is 1. The van der Waals surface area contributed by atoms with Gasteiger partial charge in [-0.05, 0) is 25.8 Å². The molecule has 98 valence electrons. The van der Waals surface area contributed by atoms with Gasteiger partial charge in [0.2, 0.25) is 5.82 Å². The van der Waals surface area contributed by atoms with Crippen molar-refractivity contribution >= 4 is 5.91 Å². The highest BCUT2D eigenvalue weighted by Gasteiger charge is 2.28. The Morgan fingerprint density at radius 3 is 2.94 bits per heavy atom. The summed E-state index contributed by atoms with van der Waals surface area (Å²) >= 11 is 0. The average molecular weight is 249 g/mol. The summed E-state index contributed by atoms with van der Waals surface area (Å²) in [6.07, 6.45) is 4.17. The first-order chi connectivity index (χ1) is 8.58. The highest BCUT2D eigenvalue weighted by molar-refractivity contribution is 5.90. The molecule has 2 atom stereocenters. The van der Waals surface area contributed by atoms with Gasteiger partial charge in [-0.2, -0.15) is 0 Å². The van der Waals surface area contributed by atoms with Crippen LogP contribution in [-0.2, 0) is 0 Å². The summed E-state index contributed by atoms with van der Waals surface area (Å²) in [5.74, 6) is 0.228. The number of aliphatic hydroxyl groups is 1. The van der Waals surface area contributed by atoms with E-state index >= 15 is 0 Å². The lowest BCUT2D eigenvalue weighted by molar-refractivity contribution is 0.0682. The van der Waals surface area contributed by atoms with Crippen molar-refractivity contribution in [1.82, 2.24) is 14.9 Å². The monoisotopic (exact) mass is 249 g/mol. The van der Waals surface area contributed by atoms with Crippen LogP contribution in [-0.4, -0.2) is 45.6 Å². The molecule has 5 heteroatoms. The summed E-state index contributed by atoms with van der Waals surface area (Å²) in [7, 11) is 1.74. The van der Waals surface area contributed by atoms with Crippen molar-refractivity contribution in [3.05, 3.63) is 23.8 Å². The van der Waals surface area contributed by atoms with Gasteiger partial charge in [-0.15, -0.1) is 0 Å². The molecular weight excluding hydrogens is 230 g/mol. The van der Waals surface area contributed by atoms with E-state index in [-0.39, 0.29) is 23.8 Å². The number of aromatic nitrogens is 2. The second-order valence-electron chi connectivity index (χ2n) is 4.97. The lowest BCUT2D eigenvalue weighted by Gasteiger charge is -2.22. The molecule has 1 heterocycles. The number of carbonyl (C=O) groups is 1. The Bertz CT molecular complexity index is 436. The molecule has 5 nitrogen and oxygen atoms in total.